The zero-order chi connectivity index (χ0) is 5.98. The molecule has 0 radical (unpaired) electrons. The lowest BCUT2D eigenvalue weighted by Crippen LogP contribution is -1.94. The van der Waals surface area contributed by atoms with Crippen LogP contribution in [0.2, 0.25) is 0 Å². The molecule has 0 spiro atoms. The van der Waals surface area contributed by atoms with E-state index in [4.69, 9.17) is 5.11 Å². The number of hydrogen-bond donors (Lipinski definition) is 1. The van der Waals surface area contributed by atoms with Crippen LogP contribution in [-0.2, 0) is 0 Å². The van der Waals surface area contributed by atoms with Gasteiger partial charge in [0.15, 0.2) is 0 Å². The van der Waals surface area contributed by atoms with Crippen molar-refractivity contribution in [2.75, 3.05) is 0 Å². The lowest BCUT2D eigenvalue weighted by Gasteiger charge is -2.03. The van der Waals surface area contributed by atoms with Crippen molar-refractivity contribution in [2.24, 2.45) is 5.92 Å². The molecular formula is C7H12O. The quantitative estimate of drug-likeness (QED) is 0.516. The average Bonchev–Trinajstić information content (AvgIpc) is 2.12. The maximum atomic E-state index is 8.86. The lowest BCUT2D eigenvalue weighted by atomic mass is 10.1. The monoisotopic (exact) mass is 112 g/mol. The predicted octanol–water partition coefficient (Wildman–Crippen LogP) is 2.25. The summed E-state index contributed by atoms with van der Waals surface area (Å²) < 4.78 is 0. The summed E-state index contributed by atoms with van der Waals surface area (Å²) in [5, 5.41) is 8.86. The minimum atomic E-state index is 0.391. The molecule has 0 heterocycles. The van der Waals surface area contributed by atoms with Crippen LogP contribution in [-0.4, -0.2) is 5.11 Å². The molecule has 8 heavy (non-hydrogen) atoms. The Morgan fingerprint density at radius 3 is 2.12 bits per heavy atom. The van der Waals surface area contributed by atoms with E-state index in [1.54, 1.807) is 0 Å². The van der Waals surface area contributed by atoms with Crippen LogP contribution in [0.15, 0.2) is 12.3 Å². The Morgan fingerprint density at radius 2 is 1.88 bits per heavy atom. The Kier molecular flexibility index (Phi) is 1.56. The van der Waals surface area contributed by atoms with Crippen molar-refractivity contribution in [3.05, 3.63) is 12.3 Å². The molecule has 1 aliphatic carbocycles. The highest BCUT2D eigenvalue weighted by Gasteiger charge is 2.16. The van der Waals surface area contributed by atoms with Crippen LogP contribution >= 0.6 is 0 Å². The topological polar surface area (TPSA) is 20.2 Å². The summed E-state index contributed by atoms with van der Waals surface area (Å²) in [6.45, 7) is 3.49. The molecular weight excluding hydrogens is 100 g/mol. The van der Waals surface area contributed by atoms with Crippen molar-refractivity contribution in [1.82, 2.24) is 0 Å². The normalized spacial score (nSPS) is 21.5. The Morgan fingerprint density at radius 1 is 1.38 bits per heavy atom. The van der Waals surface area contributed by atoms with Gasteiger partial charge in [-0.3, -0.25) is 0 Å². The zero-order valence-electron chi connectivity index (χ0n) is 5.06. The van der Waals surface area contributed by atoms with E-state index in [2.05, 4.69) is 6.58 Å². The number of aliphatic hydroxyl groups excluding tert-OH is 1. The van der Waals surface area contributed by atoms with E-state index in [-0.39, 0.29) is 0 Å². The molecule has 0 atom stereocenters. The lowest BCUT2D eigenvalue weighted by molar-refractivity contribution is 0.335. The number of aliphatic hydroxyl groups is 1. The second kappa shape index (κ2) is 2.21. The van der Waals surface area contributed by atoms with Crippen LogP contribution in [0.1, 0.15) is 25.7 Å². The van der Waals surface area contributed by atoms with Gasteiger partial charge in [0, 0.05) is 5.92 Å². The summed E-state index contributed by atoms with van der Waals surface area (Å²) in [6, 6.07) is 0. The van der Waals surface area contributed by atoms with Crippen molar-refractivity contribution >= 4 is 0 Å². The SMILES string of the molecule is C=C(O)C1CCCC1. The molecule has 1 heteroatoms. The minimum Gasteiger partial charge on any atom is -0.513 e. The molecule has 0 amide bonds. The third kappa shape index (κ3) is 1.03. The Balaban J connectivity index is 2.35. The largest absolute Gasteiger partial charge is 0.513 e. The molecule has 0 aromatic heterocycles. The highest BCUT2D eigenvalue weighted by Crippen LogP contribution is 2.28. The molecule has 0 saturated heterocycles. The summed E-state index contributed by atoms with van der Waals surface area (Å²) >= 11 is 0. The van der Waals surface area contributed by atoms with Crippen molar-refractivity contribution in [3.63, 3.8) is 0 Å². The van der Waals surface area contributed by atoms with E-state index in [9.17, 15) is 0 Å². The predicted molar refractivity (Wildman–Crippen MR) is 33.7 cm³/mol. The van der Waals surface area contributed by atoms with Gasteiger partial charge in [-0.15, -0.1) is 0 Å². The fraction of sp³-hybridized carbons (Fsp3) is 0.714. The van der Waals surface area contributed by atoms with Gasteiger partial charge in [-0.25, -0.2) is 0 Å². The zero-order valence-corrected chi connectivity index (χ0v) is 5.06. The van der Waals surface area contributed by atoms with Gasteiger partial charge < -0.3 is 5.11 Å². The molecule has 0 aromatic carbocycles. The molecule has 1 fully saturated rings. The molecule has 0 unspecified atom stereocenters. The smallest absolute Gasteiger partial charge is 0.0881 e. The molecule has 0 aromatic rings. The molecule has 1 nitrogen and oxygen atoms in total. The van der Waals surface area contributed by atoms with Crippen LogP contribution in [0.3, 0.4) is 0 Å². The van der Waals surface area contributed by atoms with Crippen molar-refractivity contribution in [3.8, 4) is 0 Å². The third-order valence-electron chi connectivity index (χ3n) is 1.83. The first-order valence-electron chi connectivity index (χ1n) is 3.18. The molecule has 1 aliphatic rings. The van der Waals surface area contributed by atoms with Crippen LogP contribution in [0.5, 0.6) is 0 Å². The first-order valence-corrected chi connectivity index (χ1v) is 3.18. The molecule has 1 rings (SSSR count). The van der Waals surface area contributed by atoms with E-state index >= 15 is 0 Å². The number of allylic oxidation sites excluding steroid dienone is 1. The summed E-state index contributed by atoms with van der Waals surface area (Å²) in [7, 11) is 0. The molecule has 1 saturated carbocycles. The Labute approximate surface area is 50.0 Å². The van der Waals surface area contributed by atoms with Gasteiger partial charge in [-0.05, 0) is 12.8 Å². The van der Waals surface area contributed by atoms with Gasteiger partial charge >= 0.3 is 0 Å². The van der Waals surface area contributed by atoms with Gasteiger partial charge in [0.2, 0.25) is 0 Å². The molecule has 46 valence electrons. The van der Waals surface area contributed by atoms with Crippen LogP contribution in [0.4, 0.5) is 0 Å². The Hall–Kier alpha value is -0.460. The van der Waals surface area contributed by atoms with Gasteiger partial charge in [-0.2, -0.15) is 0 Å². The van der Waals surface area contributed by atoms with Gasteiger partial charge in [-0.1, -0.05) is 19.4 Å². The average molecular weight is 112 g/mol. The first kappa shape index (κ1) is 5.67. The third-order valence-corrected chi connectivity index (χ3v) is 1.83. The van der Waals surface area contributed by atoms with E-state index in [1.807, 2.05) is 0 Å². The van der Waals surface area contributed by atoms with Gasteiger partial charge in [0.1, 0.15) is 0 Å². The maximum Gasteiger partial charge on any atom is 0.0881 e. The van der Waals surface area contributed by atoms with Crippen LogP contribution in [0.25, 0.3) is 0 Å². The van der Waals surface area contributed by atoms with E-state index in [0.717, 1.165) is 12.8 Å². The van der Waals surface area contributed by atoms with Crippen molar-refractivity contribution < 1.29 is 5.11 Å². The standard InChI is InChI=1S/C7H12O/c1-6(8)7-4-2-3-5-7/h7-8H,1-5H2. The summed E-state index contributed by atoms with van der Waals surface area (Å²) in [4.78, 5) is 0. The summed E-state index contributed by atoms with van der Waals surface area (Å²) in [5.74, 6) is 0.817. The minimum absolute atomic E-state index is 0.391. The van der Waals surface area contributed by atoms with Gasteiger partial charge in [0.05, 0.1) is 5.76 Å². The summed E-state index contributed by atoms with van der Waals surface area (Å²) in [6.07, 6.45) is 4.83. The fourth-order valence-corrected chi connectivity index (χ4v) is 1.26. The van der Waals surface area contributed by atoms with Gasteiger partial charge in [0.25, 0.3) is 0 Å². The molecule has 0 bridgehead atoms. The molecule has 0 aliphatic heterocycles. The second-order valence-electron chi connectivity index (χ2n) is 2.47. The summed E-state index contributed by atoms with van der Waals surface area (Å²) in [5.41, 5.74) is 0. The first-order chi connectivity index (χ1) is 3.80. The van der Waals surface area contributed by atoms with E-state index in [0.29, 0.717) is 11.7 Å². The number of hydrogen-bond acceptors (Lipinski definition) is 1. The van der Waals surface area contributed by atoms with Crippen molar-refractivity contribution in [1.29, 1.82) is 0 Å². The highest BCUT2D eigenvalue weighted by atomic mass is 16.3. The second-order valence-corrected chi connectivity index (χ2v) is 2.47. The maximum absolute atomic E-state index is 8.86. The Bertz CT molecular complexity index is 90.6. The van der Waals surface area contributed by atoms with Crippen LogP contribution in [0, 0.1) is 5.92 Å². The van der Waals surface area contributed by atoms with E-state index in [1.165, 1.54) is 12.8 Å². The van der Waals surface area contributed by atoms with Crippen molar-refractivity contribution in [2.45, 2.75) is 25.7 Å². The fourth-order valence-electron chi connectivity index (χ4n) is 1.26. The molecule has 1 N–H and O–H groups in total. The van der Waals surface area contributed by atoms with Crippen LogP contribution < -0.4 is 0 Å². The van der Waals surface area contributed by atoms with E-state index < -0.39 is 0 Å². The number of rotatable bonds is 1. The highest BCUT2D eigenvalue weighted by molar-refractivity contribution is 4.90.